The minimum Gasteiger partial charge on any atom is -0.382 e. The van der Waals surface area contributed by atoms with E-state index >= 15 is 0 Å². The highest BCUT2D eigenvalue weighted by Gasteiger charge is 2.03. The van der Waals surface area contributed by atoms with Gasteiger partial charge in [0.1, 0.15) is 5.82 Å². The lowest BCUT2D eigenvalue weighted by Gasteiger charge is -2.12. The summed E-state index contributed by atoms with van der Waals surface area (Å²) < 4.78 is 1.56. The number of anilines is 2. The van der Waals surface area contributed by atoms with Gasteiger partial charge in [-0.3, -0.25) is 0 Å². The highest BCUT2D eigenvalue weighted by Crippen LogP contribution is 2.05. The number of nitrogen functional groups attached to an aromatic ring is 2. The summed E-state index contributed by atoms with van der Waals surface area (Å²) in [6, 6.07) is 0.286. The summed E-state index contributed by atoms with van der Waals surface area (Å²) in [6.07, 6.45) is 1.52. The van der Waals surface area contributed by atoms with Crippen molar-refractivity contribution in [3.63, 3.8) is 0 Å². The lowest BCUT2D eigenvalue weighted by molar-refractivity contribution is 0.748. The molecule has 0 spiro atoms. The lowest BCUT2D eigenvalue weighted by Crippen LogP contribution is -2.24. The van der Waals surface area contributed by atoms with Crippen LogP contribution >= 0.6 is 0 Å². The molecule has 5 nitrogen and oxygen atoms in total. The average molecular weight is 155 g/mol. The minimum atomic E-state index is 0.286. The molecule has 0 aliphatic rings. The second-order valence-electron chi connectivity index (χ2n) is 2.66. The zero-order chi connectivity index (χ0) is 8.43. The van der Waals surface area contributed by atoms with Crippen LogP contribution in [0.5, 0.6) is 0 Å². The largest absolute Gasteiger partial charge is 0.382 e. The van der Waals surface area contributed by atoms with Gasteiger partial charge in [-0.15, -0.1) is 0 Å². The van der Waals surface area contributed by atoms with Crippen molar-refractivity contribution in [3.8, 4) is 0 Å². The fraction of sp³-hybridized carbons (Fsp3) is 0.500. The third kappa shape index (κ3) is 1.54. The number of nitrogens with two attached hydrogens (primary N) is 2. The maximum Gasteiger partial charge on any atom is 0.221 e. The van der Waals surface area contributed by atoms with Gasteiger partial charge in [-0.05, 0) is 13.8 Å². The highest BCUT2D eigenvalue weighted by atomic mass is 15.5. The molecule has 5 N–H and O–H groups in total. The SMILES string of the molecule is CC(C)Nn1c(N)cnc1N. The summed E-state index contributed by atoms with van der Waals surface area (Å²) in [5, 5.41) is 0. The van der Waals surface area contributed by atoms with Crippen LogP contribution in [-0.2, 0) is 0 Å². The smallest absolute Gasteiger partial charge is 0.221 e. The fourth-order valence-electron chi connectivity index (χ4n) is 0.779. The first kappa shape index (κ1) is 7.71. The number of aromatic nitrogens is 2. The maximum absolute atomic E-state index is 5.55. The van der Waals surface area contributed by atoms with Gasteiger partial charge in [0.15, 0.2) is 0 Å². The molecule has 5 heteroatoms. The van der Waals surface area contributed by atoms with Gasteiger partial charge in [0, 0.05) is 6.04 Å². The molecule has 11 heavy (non-hydrogen) atoms. The van der Waals surface area contributed by atoms with Crippen molar-refractivity contribution in [2.24, 2.45) is 0 Å². The summed E-state index contributed by atoms with van der Waals surface area (Å²) in [6.45, 7) is 4.00. The molecule has 0 aliphatic carbocycles. The van der Waals surface area contributed by atoms with Crippen LogP contribution in [0.1, 0.15) is 13.8 Å². The van der Waals surface area contributed by atoms with Gasteiger partial charge in [0.25, 0.3) is 0 Å². The van der Waals surface area contributed by atoms with E-state index in [2.05, 4.69) is 10.4 Å². The number of imidazole rings is 1. The Kier molecular flexibility index (Phi) is 1.89. The molecule has 0 amide bonds. The van der Waals surface area contributed by atoms with Crippen molar-refractivity contribution < 1.29 is 0 Å². The van der Waals surface area contributed by atoms with Gasteiger partial charge in [-0.25, -0.2) is 9.66 Å². The van der Waals surface area contributed by atoms with Gasteiger partial charge in [-0.1, -0.05) is 0 Å². The predicted octanol–water partition coefficient (Wildman–Crippen LogP) is -0.000600. The Morgan fingerprint density at radius 3 is 2.55 bits per heavy atom. The zero-order valence-corrected chi connectivity index (χ0v) is 6.70. The van der Waals surface area contributed by atoms with Crippen LogP contribution in [0.2, 0.25) is 0 Å². The molecular weight excluding hydrogens is 142 g/mol. The van der Waals surface area contributed by atoms with Crippen LogP contribution < -0.4 is 16.9 Å². The molecule has 1 aromatic heterocycles. The maximum atomic E-state index is 5.55. The Balaban J connectivity index is 2.83. The monoisotopic (exact) mass is 155 g/mol. The quantitative estimate of drug-likeness (QED) is 0.561. The molecule has 1 aromatic rings. The summed E-state index contributed by atoms with van der Waals surface area (Å²) in [5.41, 5.74) is 14.1. The molecule has 0 saturated carbocycles. The summed E-state index contributed by atoms with van der Waals surface area (Å²) in [7, 11) is 0. The number of nitrogens with zero attached hydrogens (tertiary/aromatic N) is 2. The minimum absolute atomic E-state index is 0.286. The van der Waals surface area contributed by atoms with Crippen molar-refractivity contribution >= 4 is 11.8 Å². The molecule has 0 aromatic carbocycles. The Bertz CT molecular complexity index is 220. The van der Waals surface area contributed by atoms with Gasteiger partial charge in [0.05, 0.1) is 6.20 Å². The molecular formula is C6H13N5. The average Bonchev–Trinajstić information content (AvgIpc) is 2.18. The second kappa shape index (κ2) is 2.69. The molecule has 1 rings (SSSR count). The van der Waals surface area contributed by atoms with Gasteiger partial charge >= 0.3 is 0 Å². The zero-order valence-electron chi connectivity index (χ0n) is 6.70. The molecule has 0 radical (unpaired) electrons. The predicted molar refractivity (Wildman–Crippen MR) is 45.5 cm³/mol. The van der Waals surface area contributed by atoms with Gasteiger partial charge in [-0.2, -0.15) is 0 Å². The molecule has 62 valence electrons. The molecule has 1 heterocycles. The second-order valence-corrected chi connectivity index (χ2v) is 2.66. The number of nitrogens with one attached hydrogen (secondary N) is 1. The topological polar surface area (TPSA) is 81.9 Å². The fourth-order valence-corrected chi connectivity index (χ4v) is 0.779. The van der Waals surface area contributed by atoms with Crippen molar-refractivity contribution in [2.75, 3.05) is 16.9 Å². The Labute approximate surface area is 65.4 Å². The van der Waals surface area contributed by atoms with E-state index in [4.69, 9.17) is 11.5 Å². The standard InChI is InChI=1S/C6H13N5/c1-4(2)10-11-5(7)3-9-6(11)8/h3-4,10H,7H2,1-2H3,(H2,8,9). The summed E-state index contributed by atoms with van der Waals surface area (Å²) in [4.78, 5) is 3.82. The number of hydrogen-bond donors (Lipinski definition) is 3. The van der Waals surface area contributed by atoms with Crippen LogP contribution in [0.25, 0.3) is 0 Å². The van der Waals surface area contributed by atoms with Crippen LogP contribution in [0, 0.1) is 0 Å². The Morgan fingerprint density at radius 2 is 2.18 bits per heavy atom. The van der Waals surface area contributed by atoms with Gasteiger partial charge < -0.3 is 16.9 Å². The third-order valence-corrected chi connectivity index (χ3v) is 1.20. The van der Waals surface area contributed by atoms with Crippen molar-refractivity contribution in [3.05, 3.63) is 6.20 Å². The lowest BCUT2D eigenvalue weighted by atomic mass is 10.4. The summed E-state index contributed by atoms with van der Waals surface area (Å²) >= 11 is 0. The van der Waals surface area contributed by atoms with E-state index in [-0.39, 0.29) is 6.04 Å². The normalized spacial score (nSPS) is 10.5. The Morgan fingerprint density at radius 1 is 1.55 bits per heavy atom. The first-order valence-electron chi connectivity index (χ1n) is 3.46. The van der Waals surface area contributed by atoms with E-state index in [1.54, 1.807) is 4.68 Å². The van der Waals surface area contributed by atoms with Crippen LogP contribution in [0.4, 0.5) is 11.8 Å². The molecule has 0 unspecified atom stereocenters. The molecule has 0 aliphatic heterocycles. The van der Waals surface area contributed by atoms with Crippen molar-refractivity contribution in [1.82, 2.24) is 9.66 Å². The van der Waals surface area contributed by atoms with E-state index < -0.39 is 0 Å². The van der Waals surface area contributed by atoms with E-state index in [1.165, 1.54) is 6.20 Å². The number of rotatable bonds is 2. The van der Waals surface area contributed by atoms with E-state index in [9.17, 15) is 0 Å². The van der Waals surface area contributed by atoms with Gasteiger partial charge in [0.2, 0.25) is 5.95 Å². The van der Waals surface area contributed by atoms with Crippen LogP contribution in [0.15, 0.2) is 6.20 Å². The molecule has 0 fully saturated rings. The van der Waals surface area contributed by atoms with Crippen LogP contribution in [-0.4, -0.2) is 15.7 Å². The van der Waals surface area contributed by atoms with Crippen molar-refractivity contribution in [1.29, 1.82) is 0 Å². The Hall–Kier alpha value is -1.39. The van der Waals surface area contributed by atoms with E-state index in [0.29, 0.717) is 11.8 Å². The van der Waals surface area contributed by atoms with Crippen LogP contribution in [0.3, 0.4) is 0 Å². The van der Waals surface area contributed by atoms with E-state index in [0.717, 1.165) is 0 Å². The molecule has 0 atom stereocenters. The highest BCUT2D eigenvalue weighted by molar-refractivity contribution is 5.37. The molecule has 0 bridgehead atoms. The van der Waals surface area contributed by atoms with E-state index in [1.807, 2.05) is 13.8 Å². The van der Waals surface area contributed by atoms with Crippen molar-refractivity contribution in [2.45, 2.75) is 19.9 Å². The summed E-state index contributed by atoms with van der Waals surface area (Å²) in [5.74, 6) is 0.910. The number of hydrogen-bond acceptors (Lipinski definition) is 4. The first-order chi connectivity index (χ1) is 5.11. The third-order valence-electron chi connectivity index (χ3n) is 1.20. The molecule has 0 saturated heterocycles. The first-order valence-corrected chi connectivity index (χ1v) is 3.46.